The first-order valence-electron chi connectivity index (χ1n) is 8.37. The highest BCUT2D eigenvalue weighted by molar-refractivity contribution is 9.09. The molecule has 2 heteroatoms. The van der Waals surface area contributed by atoms with Crippen molar-refractivity contribution in [2.75, 3.05) is 18.4 Å². The molecule has 1 fully saturated rings. The number of hydrogen-bond donors (Lipinski definition) is 0. The predicted molar refractivity (Wildman–Crippen MR) is 90.1 cm³/mol. The topological polar surface area (TPSA) is 3.24 Å². The minimum atomic E-state index is 0.517. The zero-order valence-corrected chi connectivity index (χ0v) is 15.1. The Morgan fingerprint density at radius 3 is 2.11 bits per heavy atom. The van der Waals surface area contributed by atoms with Crippen LogP contribution < -0.4 is 0 Å². The van der Waals surface area contributed by atoms with Gasteiger partial charge in [0.1, 0.15) is 0 Å². The van der Waals surface area contributed by atoms with E-state index >= 15 is 0 Å². The molecular weight excluding hydrogens is 298 g/mol. The van der Waals surface area contributed by atoms with E-state index in [1.54, 1.807) is 0 Å². The fourth-order valence-corrected chi connectivity index (χ4v) is 3.94. The second kappa shape index (κ2) is 8.67. The lowest BCUT2D eigenvalue weighted by Crippen LogP contribution is -2.41. The largest absolute Gasteiger partial charge is 0.300 e. The van der Waals surface area contributed by atoms with Crippen LogP contribution in [-0.4, -0.2) is 29.4 Å². The summed E-state index contributed by atoms with van der Waals surface area (Å²) in [6.07, 6.45) is 9.60. The predicted octanol–water partition coefficient (Wildman–Crippen LogP) is 5.48. The molecule has 0 radical (unpaired) electrons. The maximum absolute atomic E-state index is 3.83. The van der Waals surface area contributed by atoms with Crippen LogP contribution in [0.25, 0.3) is 0 Å². The fraction of sp³-hybridized carbons (Fsp3) is 1.00. The van der Waals surface area contributed by atoms with Crippen LogP contribution in [-0.2, 0) is 0 Å². The Balaban J connectivity index is 2.60. The third kappa shape index (κ3) is 6.16. The molecule has 0 N–H and O–H groups in total. The van der Waals surface area contributed by atoms with Crippen LogP contribution in [0.5, 0.6) is 0 Å². The van der Waals surface area contributed by atoms with E-state index in [1.165, 1.54) is 63.4 Å². The van der Waals surface area contributed by atoms with Crippen LogP contribution in [0, 0.1) is 11.3 Å². The normalized spacial score (nSPS) is 16.6. The van der Waals surface area contributed by atoms with E-state index < -0.39 is 0 Å². The lowest BCUT2D eigenvalue weighted by Gasteiger charge is -2.38. The van der Waals surface area contributed by atoms with Crippen molar-refractivity contribution in [3.8, 4) is 0 Å². The lowest BCUT2D eigenvalue weighted by molar-refractivity contribution is 0.135. The van der Waals surface area contributed by atoms with E-state index in [4.69, 9.17) is 0 Å². The molecule has 1 saturated carbocycles. The third-order valence-electron chi connectivity index (χ3n) is 4.44. The molecule has 114 valence electrons. The van der Waals surface area contributed by atoms with Gasteiger partial charge in [-0.15, -0.1) is 0 Å². The van der Waals surface area contributed by atoms with E-state index in [0.29, 0.717) is 5.41 Å². The molecule has 1 aliphatic carbocycles. The van der Waals surface area contributed by atoms with Crippen molar-refractivity contribution in [3.63, 3.8) is 0 Å². The quantitative estimate of drug-likeness (QED) is 0.453. The van der Waals surface area contributed by atoms with Crippen molar-refractivity contribution in [2.45, 2.75) is 78.7 Å². The summed E-state index contributed by atoms with van der Waals surface area (Å²) < 4.78 is 0. The van der Waals surface area contributed by atoms with E-state index in [2.05, 4.69) is 48.5 Å². The van der Waals surface area contributed by atoms with Gasteiger partial charge < -0.3 is 0 Å². The Labute approximate surface area is 129 Å². The van der Waals surface area contributed by atoms with E-state index in [1.807, 2.05) is 0 Å². The molecule has 0 aromatic carbocycles. The summed E-state index contributed by atoms with van der Waals surface area (Å²) in [6, 6.07) is 0.908. The Morgan fingerprint density at radius 2 is 1.74 bits per heavy atom. The van der Waals surface area contributed by atoms with Gasteiger partial charge in [0.2, 0.25) is 0 Å². The van der Waals surface area contributed by atoms with Gasteiger partial charge in [-0.2, -0.15) is 0 Å². The molecule has 0 atom stereocenters. The van der Waals surface area contributed by atoms with Crippen LogP contribution in [0.4, 0.5) is 0 Å². The van der Waals surface area contributed by atoms with Gasteiger partial charge in [0.05, 0.1) is 0 Å². The highest BCUT2D eigenvalue weighted by Crippen LogP contribution is 2.37. The highest BCUT2D eigenvalue weighted by Gasteiger charge is 2.36. The van der Waals surface area contributed by atoms with Gasteiger partial charge in [-0.05, 0) is 50.0 Å². The summed E-state index contributed by atoms with van der Waals surface area (Å²) in [6.45, 7) is 12.0. The summed E-state index contributed by atoms with van der Waals surface area (Å²) in [5.74, 6) is 0.831. The smallest absolute Gasteiger partial charge is 0.0100 e. The van der Waals surface area contributed by atoms with Gasteiger partial charge in [-0.3, -0.25) is 4.90 Å². The van der Waals surface area contributed by atoms with Crippen LogP contribution in [0.15, 0.2) is 0 Å². The Bertz CT molecular complexity index is 229. The average Bonchev–Trinajstić information content (AvgIpc) is 3.19. The first-order chi connectivity index (χ1) is 9.06. The third-order valence-corrected chi connectivity index (χ3v) is 5.63. The van der Waals surface area contributed by atoms with Crippen molar-refractivity contribution in [1.29, 1.82) is 0 Å². The monoisotopic (exact) mass is 331 g/mol. The summed E-state index contributed by atoms with van der Waals surface area (Å²) in [5, 5.41) is 1.17. The molecule has 0 saturated heterocycles. The van der Waals surface area contributed by atoms with Crippen molar-refractivity contribution in [1.82, 2.24) is 4.90 Å². The minimum Gasteiger partial charge on any atom is -0.300 e. The molecule has 0 heterocycles. The van der Waals surface area contributed by atoms with Crippen LogP contribution in [0.2, 0.25) is 0 Å². The molecule has 1 rings (SSSR count). The molecule has 0 unspecified atom stereocenters. The maximum atomic E-state index is 3.83. The summed E-state index contributed by atoms with van der Waals surface area (Å²) in [5.41, 5.74) is 0.517. The van der Waals surface area contributed by atoms with Gasteiger partial charge in [-0.1, -0.05) is 56.5 Å². The highest BCUT2D eigenvalue weighted by atomic mass is 79.9. The first-order valence-corrected chi connectivity index (χ1v) is 9.49. The van der Waals surface area contributed by atoms with Gasteiger partial charge >= 0.3 is 0 Å². The van der Waals surface area contributed by atoms with Crippen LogP contribution in [0.1, 0.15) is 72.6 Å². The maximum Gasteiger partial charge on any atom is 0.0100 e. The average molecular weight is 332 g/mol. The second-order valence-corrected chi connectivity index (χ2v) is 7.58. The number of nitrogens with zero attached hydrogens (tertiary/aromatic N) is 1. The Kier molecular flexibility index (Phi) is 7.98. The summed E-state index contributed by atoms with van der Waals surface area (Å²) in [7, 11) is 0. The van der Waals surface area contributed by atoms with Crippen molar-refractivity contribution in [3.05, 3.63) is 0 Å². The molecule has 19 heavy (non-hydrogen) atoms. The van der Waals surface area contributed by atoms with Gasteiger partial charge in [0, 0.05) is 17.9 Å². The van der Waals surface area contributed by atoms with Crippen molar-refractivity contribution < 1.29 is 0 Å². The van der Waals surface area contributed by atoms with Crippen LogP contribution >= 0.6 is 15.9 Å². The van der Waals surface area contributed by atoms with Gasteiger partial charge in [-0.25, -0.2) is 0 Å². The molecular formula is C17H34BrN. The van der Waals surface area contributed by atoms with Gasteiger partial charge in [0.15, 0.2) is 0 Å². The molecule has 0 spiro atoms. The number of halogens is 1. The molecule has 0 aromatic heterocycles. The van der Waals surface area contributed by atoms with E-state index in [9.17, 15) is 0 Å². The van der Waals surface area contributed by atoms with Crippen molar-refractivity contribution in [2.24, 2.45) is 11.3 Å². The SMILES string of the molecule is CCCC(CBr)(CCC)CN(CCC(C)C)C1CC1. The molecule has 0 aliphatic heterocycles. The zero-order chi connectivity index (χ0) is 14.3. The molecule has 1 nitrogen and oxygen atoms in total. The lowest BCUT2D eigenvalue weighted by atomic mass is 9.80. The number of alkyl halides is 1. The standard InChI is InChI=1S/C17H34BrN/c1-5-10-17(13-18,11-6-2)14-19(16-7-8-16)12-9-15(3)4/h15-16H,5-14H2,1-4H3. The number of hydrogen-bond acceptors (Lipinski definition) is 1. The first kappa shape index (κ1) is 17.5. The summed E-state index contributed by atoms with van der Waals surface area (Å²) in [4.78, 5) is 2.81. The zero-order valence-electron chi connectivity index (χ0n) is 13.6. The second-order valence-electron chi connectivity index (χ2n) is 7.02. The Hall–Kier alpha value is 0.440. The molecule has 0 amide bonds. The van der Waals surface area contributed by atoms with E-state index in [-0.39, 0.29) is 0 Å². The molecule has 0 aromatic rings. The fourth-order valence-electron chi connectivity index (χ4n) is 3.20. The summed E-state index contributed by atoms with van der Waals surface area (Å²) >= 11 is 3.83. The van der Waals surface area contributed by atoms with Crippen molar-refractivity contribution >= 4 is 15.9 Å². The van der Waals surface area contributed by atoms with Gasteiger partial charge in [0.25, 0.3) is 0 Å². The van der Waals surface area contributed by atoms with E-state index in [0.717, 1.165) is 12.0 Å². The molecule has 0 bridgehead atoms. The molecule has 1 aliphatic rings. The van der Waals surface area contributed by atoms with Crippen LogP contribution in [0.3, 0.4) is 0 Å². The number of rotatable bonds is 11. The minimum absolute atomic E-state index is 0.517. The Morgan fingerprint density at radius 1 is 1.16 bits per heavy atom.